The topological polar surface area (TPSA) is 84.2 Å². The summed E-state index contributed by atoms with van der Waals surface area (Å²) < 4.78 is 29.6. The highest BCUT2D eigenvalue weighted by molar-refractivity contribution is 7.92. The minimum absolute atomic E-state index is 0.313. The Balaban J connectivity index is 2.06. The van der Waals surface area contributed by atoms with Crippen molar-refractivity contribution in [2.24, 2.45) is 0 Å². The van der Waals surface area contributed by atoms with Crippen LogP contribution in [0.1, 0.15) is 5.76 Å². The van der Waals surface area contributed by atoms with Crippen molar-refractivity contribution in [2.45, 2.75) is 6.54 Å². The van der Waals surface area contributed by atoms with E-state index in [4.69, 9.17) is 16.0 Å². The molecule has 1 aromatic heterocycles. The molecule has 0 aliphatic heterocycles. The lowest BCUT2D eigenvalue weighted by atomic mass is 10.3. The molecular formula is C11H12ClN3O3S. The maximum atomic E-state index is 11.1. The van der Waals surface area contributed by atoms with Crippen molar-refractivity contribution in [3.8, 4) is 0 Å². The summed E-state index contributed by atoms with van der Waals surface area (Å²) in [6, 6.07) is 4.94. The Morgan fingerprint density at radius 1 is 1.42 bits per heavy atom. The molecule has 0 bridgehead atoms. The van der Waals surface area contributed by atoms with Gasteiger partial charge in [-0.1, -0.05) is 11.6 Å². The lowest BCUT2D eigenvalue weighted by Crippen LogP contribution is -2.10. The first-order valence-electron chi connectivity index (χ1n) is 5.32. The van der Waals surface area contributed by atoms with Crippen LogP contribution in [0.5, 0.6) is 0 Å². The zero-order valence-electron chi connectivity index (χ0n) is 10.1. The van der Waals surface area contributed by atoms with Crippen LogP contribution < -0.4 is 10.0 Å². The van der Waals surface area contributed by atoms with E-state index in [9.17, 15) is 8.42 Å². The van der Waals surface area contributed by atoms with E-state index < -0.39 is 10.0 Å². The molecule has 0 radical (unpaired) electrons. The van der Waals surface area contributed by atoms with Crippen molar-refractivity contribution in [2.75, 3.05) is 16.3 Å². The summed E-state index contributed by atoms with van der Waals surface area (Å²) in [6.07, 6.45) is 4.02. The third-order valence-corrected chi connectivity index (χ3v) is 3.12. The maximum Gasteiger partial charge on any atom is 0.229 e. The highest BCUT2D eigenvalue weighted by Gasteiger charge is 2.07. The van der Waals surface area contributed by atoms with E-state index in [0.29, 0.717) is 23.0 Å². The highest BCUT2D eigenvalue weighted by atomic mass is 35.5. The second-order valence-electron chi connectivity index (χ2n) is 3.89. The number of aromatic nitrogens is 1. The van der Waals surface area contributed by atoms with E-state index in [1.807, 2.05) is 0 Å². The van der Waals surface area contributed by atoms with Crippen LogP contribution in [-0.4, -0.2) is 19.7 Å². The number of rotatable bonds is 5. The molecule has 19 heavy (non-hydrogen) atoms. The molecule has 2 N–H and O–H groups in total. The van der Waals surface area contributed by atoms with E-state index >= 15 is 0 Å². The minimum Gasteiger partial charge on any atom is -0.447 e. The van der Waals surface area contributed by atoms with Gasteiger partial charge >= 0.3 is 0 Å². The lowest BCUT2D eigenvalue weighted by Gasteiger charge is -2.09. The Labute approximate surface area is 115 Å². The van der Waals surface area contributed by atoms with Crippen molar-refractivity contribution in [3.63, 3.8) is 0 Å². The molecule has 2 rings (SSSR count). The zero-order valence-corrected chi connectivity index (χ0v) is 11.6. The molecule has 8 heteroatoms. The number of sulfonamides is 1. The van der Waals surface area contributed by atoms with E-state index in [2.05, 4.69) is 15.0 Å². The Hall–Kier alpha value is -1.73. The number of benzene rings is 1. The van der Waals surface area contributed by atoms with Gasteiger partial charge in [-0.3, -0.25) is 4.72 Å². The number of oxazole rings is 1. The third-order valence-electron chi connectivity index (χ3n) is 2.21. The normalized spacial score (nSPS) is 11.3. The van der Waals surface area contributed by atoms with Crippen molar-refractivity contribution in [1.82, 2.24) is 4.98 Å². The van der Waals surface area contributed by atoms with Gasteiger partial charge in [-0.15, -0.1) is 0 Å². The van der Waals surface area contributed by atoms with Crippen LogP contribution in [0.4, 0.5) is 11.4 Å². The van der Waals surface area contributed by atoms with Crippen molar-refractivity contribution < 1.29 is 12.8 Å². The van der Waals surface area contributed by atoms with Gasteiger partial charge < -0.3 is 9.73 Å². The largest absolute Gasteiger partial charge is 0.447 e. The summed E-state index contributed by atoms with van der Waals surface area (Å²) >= 11 is 5.99. The van der Waals surface area contributed by atoms with E-state index in [0.717, 1.165) is 11.9 Å². The molecule has 0 amide bonds. The molecule has 0 unspecified atom stereocenters. The quantitative estimate of drug-likeness (QED) is 0.885. The highest BCUT2D eigenvalue weighted by Crippen LogP contribution is 2.26. The van der Waals surface area contributed by atoms with Crippen LogP contribution in [-0.2, 0) is 16.6 Å². The second kappa shape index (κ2) is 5.50. The Morgan fingerprint density at radius 3 is 2.79 bits per heavy atom. The molecule has 0 saturated carbocycles. The van der Waals surface area contributed by atoms with Gasteiger partial charge in [-0.2, -0.15) is 0 Å². The van der Waals surface area contributed by atoms with Crippen LogP contribution in [0.15, 0.2) is 35.2 Å². The predicted octanol–water partition coefficient (Wildman–Crippen LogP) is 2.31. The third kappa shape index (κ3) is 4.15. The molecule has 2 aromatic rings. The number of hydrogen-bond acceptors (Lipinski definition) is 5. The van der Waals surface area contributed by atoms with Gasteiger partial charge in [0.15, 0.2) is 6.39 Å². The average molecular weight is 302 g/mol. The van der Waals surface area contributed by atoms with Gasteiger partial charge in [0.05, 0.1) is 29.7 Å². The fourth-order valence-electron chi connectivity index (χ4n) is 1.43. The Kier molecular flexibility index (Phi) is 3.96. The molecule has 0 spiro atoms. The Morgan fingerprint density at radius 2 is 2.21 bits per heavy atom. The first kappa shape index (κ1) is 13.7. The molecule has 0 fully saturated rings. The maximum absolute atomic E-state index is 11.1. The van der Waals surface area contributed by atoms with E-state index in [1.165, 1.54) is 6.39 Å². The minimum atomic E-state index is -3.34. The molecule has 0 atom stereocenters. The van der Waals surface area contributed by atoms with Crippen LogP contribution in [0.25, 0.3) is 0 Å². The summed E-state index contributed by atoms with van der Waals surface area (Å²) in [7, 11) is -3.34. The smallest absolute Gasteiger partial charge is 0.229 e. The molecule has 6 nitrogen and oxygen atoms in total. The molecular weight excluding hydrogens is 290 g/mol. The lowest BCUT2D eigenvalue weighted by molar-refractivity contribution is 0.512. The number of nitrogens with one attached hydrogen (secondary N) is 2. The predicted molar refractivity (Wildman–Crippen MR) is 73.7 cm³/mol. The summed E-state index contributed by atoms with van der Waals surface area (Å²) in [5.74, 6) is 0.689. The molecule has 102 valence electrons. The SMILES string of the molecule is CS(=O)(=O)Nc1ccc(NCc2cnco2)cc1Cl. The molecule has 1 aromatic carbocycles. The molecule has 1 heterocycles. The molecule has 0 aliphatic rings. The summed E-state index contributed by atoms with van der Waals surface area (Å²) in [6.45, 7) is 0.467. The standard InChI is InChI=1S/C11H12ClN3O3S/c1-19(16,17)15-11-3-2-8(4-10(11)12)14-6-9-5-13-7-18-9/h2-5,7,14-15H,6H2,1H3. The van der Waals surface area contributed by atoms with Crippen molar-refractivity contribution >= 4 is 33.0 Å². The summed E-state index contributed by atoms with van der Waals surface area (Å²) in [4.78, 5) is 3.80. The fourth-order valence-corrected chi connectivity index (χ4v) is 2.29. The number of anilines is 2. The second-order valence-corrected chi connectivity index (χ2v) is 6.05. The van der Waals surface area contributed by atoms with Gasteiger partial charge in [-0.05, 0) is 18.2 Å². The van der Waals surface area contributed by atoms with Crippen LogP contribution in [0.2, 0.25) is 5.02 Å². The van der Waals surface area contributed by atoms with Crippen molar-refractivity contribution in [3.05, 3.63) is 41.6 Å². The van der Waals surface area contributed by atoms with Gasteiger partial charge in [0.1, 0.15) is 5.76 Å². The van der Waals surface area contributed by atoms with E-state index in [1.54, 1.807) is 24.4 Å². The first-order chi connectivity index (χ1) is 8.94. The van der Waals surface area contributed by atoms with Gasteiger partial charge in [0, 0.05) is 5.69 Å². The number of halogens is 1. The monoisotopic (exact) mass is 301 g/mol. The summed E-state index contributed by atoms with van der Waals surface area (Å²) in [5, 5.41) is 3.40. The van der Waals surface area contributed by atoms with Gasteiger partial charge in [0.2, 0.25) is 10.0 Å². The molecule has 0 aliphatic carbocycles. The van der Waals surface area contributed by atoms with Crippen molar-refractivity contribution in [1.29, 1.82) is 0 Å². The Bertz CT molecular complexity index is 656. The summed E-state index contributed by atoms with van der Waals surface area (Å²) in [5.41, 5.74) is 1.09. The number of nitrogens with zero attached hydrogens (tertiary/aromatic N) is 1. The van der Waals surface area contributed by atoms with Gasteiger partial charge in [0.25, 0.3) is 0 Å². The first-order valence-corrected chi connectivity index (χ1v) is 7.59. The van der Waals surface area contributed by atoms with Crippen LogP contribution in [0.3, 0.4) is 0 Å². The van der Waals surface area contributed by atoms with Gasteiger partial charge in [-0.25, -0.2) is 13.4 Å². The number of hydrogen-bond donors (Lipinski definition) is 2. The van der Waals surface area contributed by atoms with Crippen LogP contribution in [0, 0.1) is 0 Å². The van der Waals surface area contributed by atoms with Crippen LogP contribution >= 0.6 is 11.6 Å². The average Bonchev–Trinajstić information content (AvgIpc) is 2.81. The zero-order chi connectivity index (χ0) is 13.9. The van der Waals surface area contributed by atoms with E-state index in [-0.39, 0.29) is 0 Å². The molecule has 0 saturated heterocycles. The fraction of sp³-hybridized carbons (Fsp3) is 0.182.